The summed E-state index contributed by atoms with van der Waals surface area (Å²) in [6.07, 6.45) is 1.32. The Kier molecular flexibility index (Phi) is 6.09. The fourth-order valence-corrected chi connectivity index (χ4v) is 3.86. The fourth-order valence-electron chi connectivity index (χ4n) is 2.79. The molecule has 1 heterocycles. The van der Waals surface area contributed by atoms with Crippen molar-refractivity contribution in [2.45, 2.75) is 17.7 Å². The van der Waals surface area contributed by atoms with E-state index in [1.54, 1.807) is 6.07 Å². The highest BCUT2D eigenvalue weighted by Crippen LogP contribution is 2.29. The second-order valence-corrected chi connectivity index (χ2v) is 8.39. The zero-order valence-corrected chi connectivity index (χ0v) is 15.9. The van der Waals surface area contributed by atoms with Crippen LogP contribution in [0.1, 0.15) is 12.8 Å². The maximum atomic E-state index is 12.5. The van der Waals surface area contributed by atoms with Crippen LogP contribution in [0, 0.1) is 5.92 Å². The Morgan fingerprint density at radius 3 is 2.62 bits per heavy atom. The van der Waals surface area contributed by atoms with Gasteiger partial charge in [-0.2, -0.15) is 0 Å². The minimum Gasteiger partial charge on any atom is -0.495 e. The second kappa shape index (κ2) is 7.92. The van der Waals surface area contributed by atoms with Crippen LogP contribution in [0.4, 0.5) is 10.5 Å². The molecular weight excluding hydrogens is 360 g/mol. The maximum absolute atomic E-state index is 12.5. The summed E-state index contributed by atoms with van der Waals surface area (Å²) in [6.45, 7) is 0.785. The van der Waals surface area contributed by atoms with Gasteiger partial charge in [-0.25, -0.2) is 17.5 Å². The topological polar surface area (TPSA) is 122 Å². The van der Waals surface area contributed by atoms with Crippen molar-refractivity contribution in [2.24, 2.45) is 11.7 Å². The monoisotopic (exact) mass is 384 g/mol. The Morgan fingerprint density at radius 2 is 2.04 bits per heavy atom. The van der Waals surface area contributed by atoms with Crippen LogP contribution in [0.3, 0.4) is 0 Å². The van der Waals surface area contributed by atoms with E-state index < -0.39 is 22.0 Å². The lowest BCUT2D eigenvalue weighted by Gasteiger charge is -2.30. The van der Waals surface area contributed by atoms with E-state index in [0.29, 0.717) is 25.1 Å². The van der Waals surface area contributed by atoms with Crippen LogP contribution in [-0.4, -0.2) is 63.9 Å². The number of urea groups is 1. The molecule has 1 aromatic carbocycles. The number of carbonyl (C=O) groups excluding carboxylic acids is 2. The number of anilines is 1. The van der Waals surface area contributed by atoms with Gasteiger partial charge < -0.3 is 20.7 Å². The fraction of sp³-hybridized carbons (Fsp3) is 0.500. The minimum atomic E-state index is -3.74. The number of sulfonamides is 1. The number of nitrogens with one attached hydrogen (secondary N) is 1. The third kappa shape index (κ3) is 4.25. The molecule has 2 rings (SSSR count). The van der Waals surface area contributed by atoms with Crippen LogP contribution in [0.2, 0.25) is 0 Å². The Hall–Kier alpha value is -2.33. The van der Waals surface area contributed by atoms with Gasteiger partial charge in [-0.15, -0.1) is 0 Å². The predicted octanol–water partition coefficient (Wildman–Crippen LogP) is 0.675. The number of methoxy groups -OCH3 is 1. The van der Waals surface area contributed by atoms with E-state index in [-0.39, 0.29) is 23.1 Å². The van der Waals surface area contributed by atoms with Crippen molar-refractivity contribution >= 4 is 27.6 Å². The van der Waals surface area contributed by atoms with Crippen molar-refractivity contribution < 1.29 is 22.7 Å². The van der Waals surface area contributed by atoms with Gasteiger partial charge in [-0.3, -0.25) is 4.79 Å². The normalized spacial score (nSPS) is 17.8. The first-order chi connectivity index (χ1) is 12.2. The number of ether oxygens (including phenoxy) is 1. The molecule has 0 aliphatic carbocycles. The number of nitrogens with two attached hydrogens (primary N) is 1. The van der Waals surface area contributed by atoms with Gasteiger partial charge >= 0.3 is 6.03 Å². The number of hydrogen-bond acceptors (Lipinski definition) is 5. The minimum absolute atomic E-state index is 0.0368. The molecule has 3 amide bonds. The average Bonchev–Trinajstić information content (AvgIpc) is 2.61. The summed E-state index contributed by atoms with van der Waals surface area (Å²) in [6, 6.07) is 3.87. The molecule has 1 fully saturated rings. The van der Waals surface area contributed by atoms with Gasteiger partial charge in [0.25, 0.3) is 0 Å². The molecule has 0 bridgehead atoms. The van der Waals surface area contributed by atoms with Crippen molar-refractivity contribution in [3.05, 3.63) is 18.2 Å². The summed E-state index contributed by atoms with van der Waals surface area (Å²) in [5.41, 5.74) is 5.62. The SMILES string of the molecule is COc1ccc(NC(=O)[C@H]2CCCN(C(N)=O)C2)cc1S(=O)(=O)N(C)C. The number of nitrogens with zero attached hydrogens (tertiary/aromatic N) is 2. The quantitative estimate of drug-likeness (QED) is 0.773. The molecule has 26 heavy (non-hydrogen) atoms. The molecule has 144 valence electrons. The molecule has 1 aliphatic rings. The van der Waals surface area contributed by atoms with Crippen LogP contribution in [0.15, 0.2) is 23.1 Å². The number of amides is 3. The number of hydrogen-bond donors (Lipinski definition) is 2. The molecule has 0 saturated carbocycles. The molecule has 0 unspecified atom stereocenters. The number of rotatable bonds is 5. The summed E-state index contributed by atoms with van der Waals surface area (Å²) in [5, 5.41) is 2.72. The van der Waals surface area contributed by atoms with Gasteiger partial charge in [0.05, 0.1) is 13.0 Å². The lowest BCUT2D eigenvalue weighted by atomic mass is 9.97. The van der Waals surface area contributed by atoms with Gasteiger partial charge in [-0.1, -0.05) is 0 Å². The van der Waals surface area contributed by atoms with Crippen molar-refractivity contribution in [3.8, 4) is 5.75 Å². The largest absolute Gasteiger partial charge is 0.495 e. The van der Waals surface area contributed by atoms with E-state index >= 15 is 0 Å². The van der Waals surface area contributed by atoms with E-state index in [9.17, 15) is 18.0 Å². The van der Waals surface area contributed by atoms with E-state index in [4.69, 9.17) is 10.5 Å². The first-order valence-corrected chi connectivity index (χ1v) is 9.56. The predicted molar refractivity (Wildman–Crippen MR) is 96.4 cm³/mol. The van der Waals surface area contributed by atoms with Crippen LogP contribution >= 0.6 is 0 Å². The molecular formula is C16H24N4O5S. The van der Waals surface area contributed by atoms with Gasteiger partial charge in [-0.05, 0) is 31.0 Å². The van der Waals surface area contributed by atoms with Gasteiger partial charge in [0, 0.05) is 32.9 Å². The van der Waals surface area contributed by atoms with Crippen molar-refractivity contribution in [1.82, 2.24) is 9.21 Å². The Bertz CT molecular complexity index is 794. The Labute approximate surface area is 153 Å². The first-order valence-electron chi connectivity index (χ1n) is 8.12. The number of benzene rings is 1. The number of likely N-dealkylation sites (tertiary alicyclic amines) is 1. The lowest BCUT2D eigenvalue weighted by molar-refractivity contribution is -0.121. The highest BCUT2D eigenvalue weighted by Gasteiger charge is 2.28. The summed E-state index contributed by atoms with van der Waals surface area (Å²) < 4.78 is 31.1. The summed E-state index contributed by atoms with van der Waals surface area (Å²) in [4.78, 5) is 25.2. The van der Waals surface area contributed by atoms with Crippen molar-refractivity contribution in [2.75, 3.05) is 39.6 Å². The van der Waals surface area contributed by atoms with E-state index in [0.717, 1.165) is 4.31 Å². The molecule has 0 radical (unpaired) electrons. The maximum Gasteiger partial charge on any atom is 0.314 e. The third-order valence-electron chi connectivity index (χ3n) is 4.29. The van der Waals surface area contributed by atoms with Gasteiger partial charge in [0.2, 0.25) is 15.9 Å². The number of primary amides is 1. The van der Waals surface area contributed by atoms with Crippen LogP contribution in [0.5, 0.6) is 5.75 Å². The van der Waals surface area contributed by atoms with E-state index in [2.05, 4.69) is 5.32 Å². The first kappa shape index (κ1) is 20.0. The summed E-state index contributed by atoms with van der Waals surface area (Å²) in [7, 11) is 0.477. The molecule has 1 aliphatic heterocycles. The third-order valence-corrected chi connectivity index (χ3v) is 6.13. The van der Waals surface area contributed by atoms with E-state index in [1.165, 1.54) is 38.2 Å². The van der Waals surface area contributed by atoms with Crippen LogP contribution in [-0.2, 0) is 14.8 Å². The summed E-state index contributed by atoms with van der Waals surface area (Å²) in [5.74, 6) is -0.490. The molecule has 1 aromatic rings. The number of carbonyl (C=O) groups is 2. The second-order valence-electron chi connectivity index (χ2n) is 6.27. The zero-order chi connectivity index (χ0) is 19.5. The number of piperidine rings is 1. The lowest BCUT2D eigenvalue weighted by Crippen LogP contribution is -2.46. The zero-order valence-electron chi connectivity index (χ0n) is 15.1. The molecule has 3 N–H and O–H groups in total. The smallest absolute Gasteiger partial charge is 0.314 e. The Morgan fingerprint density at radius 1 is 1.35 bits per heavy atom. The Balaban J connectivity index is 2.22. The van der Waals surface area contributed by atoms with Crippen LogP contribution in [0.25, 0.3) is 0 Å². The molecule has 1 atom stereocenters. The average molecular weight is 384 g/mol. The molecule has 1 saturated heterocycles. The highest BCUT2D eigenvalue weighted by atomic mass is 32.2. The van der Waals surface area contributed by atoms with Gasteiger partial charge in [0.1, 0.15) is 10.6 Å². The molecule has 0 aromatic heterocycles. The molecule has 0 spiro atoms. The van der Waals surface area contributed by atoms with Crippen LogP contribution < -0.4 is 15.8 Å². The molecule has 9 nitrogen and oxygen atoms in total. The van der Waals surface area contributed by atoms with Gasteiger partial charge in [0.15, 0.2) is 0 Å². The van der Waals surface area contributed by atoms with Crippen molar-refractivity contribution in [1.29, 1.82) is 0 Å². The highest BCUT2D eigenvalue weighted by molar-refractivity contribution is 7.89. The standard InChI is InChI=1S/C16H24N4O5S/c1-19(2)26(23,24)14-9-12(6-7-13(14)25-3)18-15(21)11-5-4-8-20(10-11)16(17)22/h6-7,9,11H,4-5,8,10H2,1-3H3,(H2,17,22)(H,18,21)/t11-/m0/s1. The van der Waals surface area contributed by atoms with E-state index in [1.807, 2.05) is 0 Å². The summed E-state index contributed by atoms with van der Waals surface area (Å²) >= 11 is 0. The van der Waals surface area contributed by atoms with Crippen molar-refractivity contribution in [3.63, 3.8) is 0 Å². The molecule has 10 heteroatoms.